The van der Waals surface area contributed by atoms with Crippen LogP contribution in [0.3, 0.4) is 0 Å². The van der Waals surface area contributed by atoms with Gasteiger partial charge in [-0.25, -0.2) is 4.79 Å². The number of hydrogen-bond acceptors (Lipinski definition) is 6. The number of ether oxygens (including phenoxy) is 1. The number of fused-ring (bicyclic) bond motifs is 3. The molecule has 3 aromatic rings. The van der Waals surface area contributed by atoms with Crippen LogP contribution >= 0.6 is 11.3 Å². The molecular weight excluding hydrogens is 530 g/mol. The van der Waals surface area contributed by atoms with Crippen LogP contribution in [0.15, 0.2) is 24.3 Å². The van der Waals surface area contributed by atoms with E-state index in [1.807, 2.05) is 24.3 Å². The normalized spacial score (nSPS) is 18.8. The molecule has 2 unspecified atom stereocenters. The van der Waals surface area contributed by atoms with Gasteiger partial charge >= 0.3 is 5.97 Å². The molecule has 0 aliphatic heterocycles. The number of carbonyl (C=O) groups excluding carboxylic acids is 2. The molecule has 7 heteroatoms. The standard InChI is InChI=1S/C34H41N3O3S/c1-7-34(5,6)21-12-14-22-25(18-35)31(41-28(22)17-21)37-29(38)19-40-32(39)30-23-10-8-9-11-26(23)36-27-15-13-20(16-24(27)30)33(2,3)4/h8-11,20-21H,7,12-17,19H2,1-6H3,(H,37,38). The Morgan fingerprint density at radius 1 is 1.07 bits per heavy atom. The van der Waals surface area contributed by atoms with Crippen LogP contribution in [0.5, 0.6) is 0 Å². The van der Waals surface area contributed by atoms with Crippen LogP contribution < -0.4 is 5.32 Å². The first-order valence-electron chi connectivity index (χ1n) is 14.8. The number of benzene rings is 1. The number of aryl methyl sites for hydroxylation is 1. The number of pyridine rings is 1. The van der Waals surface area contributed by atoms with Crippen molar-refractivity contribution in [2.45, 2.75) is 86.5 Å². The number of nitrogens with one attached hydrogen (secondary N) is 1. The van der Waals surface area contributed by atoms with Gasteiger partial charge in [-0.05, 0) is 78.4 Å². The number of thiophene rings is 1. The SMILES string of the molecule is CCC(C)(C)C1CCc2c(sc(NC(=O)COC(=O)c3c4c(nc5ccccc35)CCC(C(C)(C)C)C4)c2C#N)C1. The molecule has 1 amide bonds. The van der Waals surface area contributed by atoms with Gasteiger partial charge in [-0.1, -0.05) is 66.2 Å². The van der Waals surface area contributed by atoms with Crippen molar-refractivity contribution in [2.75, 3.05) is 11.9 Å². The molecule has 5 rings (SSSR count). The van der Waals surface area contributed by atoms with Crippen LogP contribution in [0.1, 0.15) is 98.4 Å². The van der Waals surface area contributed by atoms with E-state index in [0.29, 0.717) is 28.0 Å². The van der Waals surface area contributed by atoms with Crippen molar-refractivity contribution in [3.8, 4) is 6.07 Å². The minimum atomic E-state index is -0.500. The highest BCUT2D eigenvalue weighted by Crippen LogP contribution is 2.45. The average molecular weight is 572 g/mol. The summed E-state index contributed by atoms with van der Waals surface area (Å²) in [4.78, 5) is 32.7. The summed E-state index contributed by atoms with van der Waals surface area (Å²) < 4.78 is 5.65. The first-order chi connectivity index (χ1) is 19.4. The number of nitrogens with zero attached hydrogens (tertiary/aromatic N) is 2. The molecule has 2 atom stereocenters. The zero-order valence-corrected chi connectivity index (χ0v) is 26.0. The van der Waals surface area contributed by atoms with Crippen molar-refractivity contribution >= 4 is 39.1 Å². The fraction of sp³-hybridized carbons (Fsp3) is 0.529. The topological polar surface area (TPSA) is 92.1 Å². The summed E-state index contributed by atoms with van der Waals surface area (Å²) in [6.07, 6.45) is 6.53. The minimum Gasteiger partial charge on any atom is -0.452 e. The van der Waals surface area contributed by atoms with E-state index in [4.69, 9.17) is 9.72 Å². The van der Waals surface area contributed by atoms with E-state index in [1.165, 1.54) is 16.2 Å². The van der Waals surface area contributed by atoms with E-state index < -0.39 is 18.5 Å². The van der Waals surface area contributed by atoms with Crippen LogP contribution in [0.25, 0.3) is 10.9 Å². The van der Waals surface area contributed by atoms with Crippen LogP contribution in [0.4, 0.5) is 5.00 Å². The van der Waals surface area contributed by atoms with Gasteiger partial charge in [0.2, 0.25) is 0 Å². The zero-order valence-electron chi connectivity index (χ0n) is 25.1. The monoisotopic (exact) mass is 571 g/mol. The quantitative estimate of drug-likeness (QED) is 0.307. The van der Waals surface area contributed by atoms with Gasteiger partial charge in [-0.3, -0.25) is 9.78 Å². The van der Waals surface area contributed by atoms with Crippen molar-refractivity contribution < 1.29 is 14.3 Å². The third-order valence-corrected chi connectivity index (χ3v) is 10.8. The van der Waals surface area contributed by atoms with Crippen molar-refractivity contribution in [3.63, 3.8) is 0 Å². The molecule has 1 N–H and O–H groups in total. The van der Waals surface area contributed by atoms with Crippen molar-refractivity contribution in [1.82, 2.24) is 4.98 Å². The van der Waals surface area contributed by atoms with Gasteiger partial charge in [0.25, 0.3) is 5.91 Å². The number of aromatic nitrogens is 1. The molecule has 2 aliphatic carbocycles. The molecule has 1 aromatic carbocycles. The summed E-state index contributed by atoms with van der Waals surface area (Å²) in [7, 11) is 0. The second-order valence-corrected chi connectivity index (χ2v) is 14.6. The van der Waals surface area contributed by atoms with Gasteiger partial charge in [-0.2, -0.15) is 5.26 Å². The molecule has 0 saturated heterocycles. The summed E-state index contributed by atoms with van der Waals surface area (Å²) >= 11 is 1.50. The Bertz CT molecular complexity index is 1540. The smallest absolute Gasteiger partial charge is 0.339 e. The van der Waals surface area contributed by atoms with E-state index in [2.05, 4.69) is 52.9 Å². The van der Waals surface area contributed by atoms with Crippen molar-refractivity contribution in [2.24, 2.45) is 22.7 Å². The lowest BCUT2D eigenvalue weighted by Crippen LogP contribution is -2.29. The number of hydrogen-bond donors (Lipinski definition) is 1. The fourth-order valence-corrected chi connectivity index (χ4v) is 7.77. The van der Waals surface area contributed by atoms with E-state index in [-0.39, 0.29) is 10.8 Å². The number of nitriles is 1. The molecule has 216 valence electrons. The highest BCUT2D eigenvalue weighted by molar-refractivity contribution is 7.16. The highest BCUT2D eigenvalue weighted by atomic mass is 32.1. The number of esters is 1. The molecule has 2 aliphatic rings. The summed E-state index contributed by atoms with van der Waals surface area (Å²) in [6, 6.07) is 9.97. The first kappa shape index (κ1) is 29.3. The third-order valence-electron chi connectivity index (χ3n) is 9.67. The lowest BCUT2D eigenvalue weighted by atomic mass is 9.69. The Kier molecular flexibility index (Phi) is 8.00. The molecule has 6 nitrogen and oxygen atoms in total. The Morgan fingerprint density at radius 3 is 2.51 bits per heavy atom. The molecule has 0 radical (unpaired) electrons. The minimum absolute atomic E-state index is 0.106. The second-order valence-electron chi connectivity index (χ2n) is 13.5. The van der Waals surface area contributed by atoms with E-state index in [0.717, 1.165) is 72.7 Å². The van der Waals surface area contributed by atoms with Gasteiger partial charge in [0.05, 0.1) is 16.6 Å². The lowest BCUT2D eigenvalue weighted by molar-refractivity contribution is -0.119. The molecule has 0 saturated carbocycles. The summed E-state index contributed by atoms with van der Waals surface area (Å²) in [5, 5.41) is 14.1. The van der Waals surface area contributed by atoms with Crippen LogP contribution in [-0.4, -0.2) is 23.5 Å². The van der Waals surface area contributed by atoms with Gasteiger partial charge in [-0.15, -0.1) is 11.3 Å². The van der Waals surface area contributed by atoms with Gasteiger partial charge in [0.1, 0.15) is 11.1 Å². The number of para-hydroxylation sites is 1. The maximum absolute atomic E-state index is 13.6. The van der Waals surface area contributed by atoms with E-state index in [9.17, 15) is 14.9 Å². The van der Waals surface area contributed by atoms with Crippen LogP contribution in [0, 0.1) is 34.0 Å². The predicted octanol–water partition coefficient (Wildman–Crippen LogP) is 7.66. The molecule has 0 bridgehead atoms. The Morgan fingerprint density at radius 2 is 1.80 bits per heavy atom. The van der Waals surface area contributed by atoms with E-state index in [1.54, 1.807) is 0 Å². The Balaban J connectivity index is 1.34. The Labute approximate surface area is 247 Å². The first-order valence-corrected chi connectivity index (χ1v) is 15.7. The zero-order chi connectivity index (χ0) is 29.5. The maximum Gasteiger partial charge on any atom is 0.339 e. The maximum atomic E-state index is 13.6. The van der Waals surface area contributed by atoms with Gasteiger partial charge in [0.15, 0.2) is 6.61 Å². The molecule has 2 aromatic heterocycles. The Hall–Kier alpha value is -3.24. The molecular formula is C34H41N3O3S. The largest absolute Gasteiger partial charge is 0.452 e. The predicted molar refractivity (Wildman–Crippen MR) is 164 cm³/mol. The number of rotatable bonds is 6. The lowest BCUT2D eigenvalue weighted by Gasteiger charge is -2.36. The average Bonchev–Trinajstić information content (AvgIpc) is 3.29. The van der Waals surface area contributed by atoms with E-state index >= 15 is 0 Å². The molecule has 2 heterocycles. The van der Waals surface area contributed by atoms with Gasteiger partial charge < -0.3 is 10.1 Å². The van der Waals surface area contributed by atoms with Gasteiger partial charge in [0, 0.05) is 16.0 Å². The fourth-order valence-electron chi connectivity index (χ4n) is 6.47. The van der Waals surface area contributed by atoms with Crippen LogP contribution in [-0.2, 0) is 35.2 Å². The summed E-state index contributed by atoms with van der Waals surface area (Å²) in [6.45, 7) is 13.2. The second kappa shape index (κ2) is 11.2. The molecule has 41 heavy (non-hydrogen) atoms. The number of anilines is 1. The number of carbonyl (C=O) groups is 2. The molecule has 0 spiro atoms. The summed E-state index contributed by atoms with van der Waals surface area (Å²) in [5.74, 6) is 0.0390. The highest BCUT2D eigenvalue weighted by Gasteiger charge is 2.35. The summed E-state index contributed by atoms with van der Waals surface area (Å²) in [5.41, 5.74) is 5.15. The van der Waals surface area contributed by atoms with Crippen LogP contribution in [0.2, 0.25) is 0 Å². The van der Waals surface area contributed by atoms with Crippen molar-refractivity contribution in [3.05, 3.63) is 57.1 Å². The van der Waals surface area contributed by atoms with Crippen molar-refractivity contribution in [1.29, 1.82) is 5.26 Å². The molecule has 0 fully saturated rings. The number of amides is 1. The third kappa shape index (κ3) is 5.77.